The first-order valence-electron chi connectivity index (χ1n) is 5.58. The van der Waals surface area contributed by atoms with E-state index in [4.69, 9.17) is 9.84 Å². The lowest BCUT2D eigenvalue weighted by molar-refractivity contribution is -0.109. The number of ether oxygens (including phenoxy) is 1. The Labute approximate surface area is 116 Å². The van der Waals surface area contributed by atoms with Crippen molar-refractivity contribution in [2.75, 3.05) is 12.9 Å². The smallest absolute Gasteiger partial charge is 0.339 e. The van der Waals surface area contributed by atoms with Gasteiger partial charge in [0.2, 0.25) is 0 Å². The van der Waals surface area contributed by atoms with Gasteiger partial charge in [0.15, 0.2) is 5.12 Å². The van der Waals surface area contributed by atoms with E-state index in [-0.39, 0.29) is 10.7 Å². The third-order valence-corrected chi connectivity index (χ3v) is 3.01. The zero-order chi connectivity index (χ0) is 14.3. The number of carboxylic acids is 1. The summed E-state index contributed by atoms with van der Waals surface area (Å²) in [6.07, 6.45) is 0.582. The molecule has 0 heterocycles. The molecule has 0 saturated carbocycles. The minimum absolute atomic E-state index is 0.0689. The Morgan fingerprint density at radius 3 is 2.74 bits per heavy atom. The van der Waals surface area contributed by atoms with Crippen LogP contribution in [0, 0.1) is 11.8 Å². The van der Waals surface area contributed by atoms with E-state index < -0.39 is 5.97 Å². The van der Waals surface area contributed by atoms with Gasteiger partial charge in [0.1, 0.15) is 11.3 Å². The second-order valence-corrected chi connectivity index (χ2v) is 4.88. The lowest BCUT2D eigenvalue weighted by Crippen LogP contribution is -2.00. The number of methoxy groups -OCH3 is 1. The van der Waals surface area contributed by atoms with Crippen molar-refractivity contribution in [3.05, 3.63) is 29.3 Å². The Morgan fingerprint density at radius 1 is 1.42 bits per heavy atom. The van der Waals surface area contributed by atoms with Gasteiger partial charge in [-0.15, -0.1) is 0 Å². The van der Waals surface area contributed by atoms with E-state index in [1.54, 1.807) is 12.1 Å². The number of carbonyl (C=O) groups excluding carboxylic acids is 1. The fourth-order valence-corrected chi connectivity index (χ4v) is 1.85. The molecular formula is C14H14O4S. The highest BCUT2D eigenvalue weighted by Gasteiger charge is 2.10. The van der Waals surface area contributed by atoms with Crippen LogP contribution < -0.4 is 4.74 Å². The minimum atomic E-state index is -1.05. The second-order valence-electron chi connectivity index (χ2n) is 3.61. The van der Waals surface area contributed by atoms with Gasteiger partial charge in [-0.3, -0.25) is 4.79 Å². The van der Waals surface area contributed by atoms with Crippen LogP contribution in [-0.2, 0) is 4.79 Å². The molecular weight excluding hydrogens is 264 g/mol. The van der Waals surface area contributed by atoms with Crippen LogP contribution in [0.4, 0.5) is 0 Å². The van der Waals surface area contributed by atoms with Crippen molar-refractivity contribution in [1.82, 2.24) is 0 Å². The van der Waals surface area contributed by atoms with Crippen molar-refractivity contribution in [3.63, 3.8) is 0 Å². The SMILES string of the molecule is COc1ccc(C#CCCSC(C)=O)cc1C(=O)O. The number of thioether (sulfide) groups is 1. The number of rotatable bonds is 4. The fourth-order valence-electron chi connectivity index (χ4n) is 1.36. The van der Waals surface area contributed by atoms with Crippen LogP contribution in [-0.4, -0.2) is 29.1 Å². The van der Waals surface area contributed by atoms with Gasteiger partial charge < -0.3 is 9.84 Å². The molecule has 1 rings (SSSR count). The summed E-state index contributed by atoms with van der Waals surface area (Å²) in [6, 6.07) is 4.76. The first kappa shape index (κ1) is 15.1. The van der Waals surface area contributed by atoms with Crippen LogP contribution in [0.1, 0.15) is 29.3 Å². The molecule has 0 bridgehead atoms. The molecule has 0 radical (unpaired) electrons. The molecule has 4 nitrogen and oxygen atoms in total. The summed E-state index contributed by atoms with van der Waals surface area (Å²) in [6.45, 7) is 1.51. The van der Waals surface area contributed by atoms with Gasteiger partial charge >= 0.3 is 5.97 Å². The van der Waals surface area contributed by atoms with E-state index in [9.17, 15) is 9.59 Å². The van der Waals surface area contributed by atoms with Gasteiger partial charge in [-0.1, -0.05) is 23.6 Å². The Hall–Kier alpha value is -1.93. The van der Waals surface area contributed by atoms with Crippen molar-refractivity contribution < 1.29 is 19.4 Å². The van der Waals surface area contributed by atoms with E-state index in [1.165, 1.54) is 31.9 Å². The summed E-state index contributed by atoms with van der Waals surface area (Å²) in [5.41, 5.74) is 0.707. The van der Waals surface area contributed by atoms with Crippen LogP contribution in [0.5, 0.6) is 5.75 Å². The van der Waals surface area contributed by atoms with Crippen LogP contribution in [0.3, 0.4) is 0 Å². The van der Waals surface area contributed by atoms with Crippen LogP contribution in [0.15, 0.2) is 18.2 Å². The van der Waals surface area contributed by atoms with E-state index in [0.717, 1.165) is 0 Å². The maximum Gasteiger partial charge on any atom is 0.339 e. The molecule has 0 aliphatic heterocycles. The van der Waals surface area contributed by atoms with Crippen molar-refractivity contribution in [3.8, 4) is 17.6 Å². The van der Waals surface area contributed by atoms with Gasteiger partial charge in [-0.25, -0.2) is 4.79 Å². The molecule has 0 saturated heterocycles. The average Bonchev–Trinajstić information content (AvgIpc) is 2.37. The van der Waals surface area contributed by atoms with E-state index in [0.29, 0.717) is 23.5 Å². The number of aromatic carboxylic acids is 1. The maximum absolute atomic E-state index is 11.0. The van der Waals surface area contributed by atoms with Crippen LogP contribution >= 0.6 is 11.8 Å². The molecule has 0 aliphatic carbocycles. The van der Waals surface area contributed by atoms with Gasteiger partial charge in [-0.05, 0) is 18.2 Å². The Bertz CT molecular complexity index is 540. The molecule has 0 fully saturated rings. The molecule has 0 unspecified atom stereocenters. The average molecular weight is 278 g/mol. The number of carbonyl (C=O) groups is 2. The zero-order valence-electron chi connectivity index (χ0n) is 10.7. The third kappa shape index (κ3) is 5.06. The predicted octanol–water partition coefficient (Wildman–Crippen LogP) is 2.41. The topological polar surface area (TPSA) is 63.6 Å². The molecule has 0 spiro atoms. The predicted molar refractivity (Wildman–Crippen MR) is 74.6 cm³/mol. The largest absolute Gasteiger partial charge is 0.496 e. The van der Waals surface area contributed by atoms with E-state index >= 15 is 0 Å². The molecule has 0 aromatic heterocycles. The number of hydrogen-bond donors (Lipinski definition) is 1. The lowest BCUT2D eigenvalue weighted by Gasteiger charge is -2.04. The van der Waals surface area contributed by atoms with Crippen LogP contribution in [0.2, 0.25) is 0 Å². The standard InChI is InChI=1S/C14H14O4S/c1-10(15)19-8-4-3-5-11-6-7-13(18-2)12(9-11)14(16)17/h6-7,9H,4,8H2,1-2H3,(H,16,17). The highest BCUT2D eigenvalue weighted by atomic mass is 32.2. The minimum Gasteiger partial charge on any atom is -0.496 e. The van der Waals surface area contributed by atoms with Gasteiger partial charge in [-0.2, -0.15) is 0 Å². The summed E-state index contributed by atoms with van der Waals surface area (Å²) >= 11 is 1.23. The third-order valence-electron chi connectivity index (χ3n) is 2.19. The van der Waals surface area contributed by atoms with E-state index in [1.807, 2.05) is 0 Å². The normalized spacial score (nSPS) is 9.37. The Balaban J connectivity index is 2.74. The summed E-state index contributed by atoms with van der Waals surface area (Å²) in [7, 11) is 1.42. The summed E-state index contributed by atoms with van der Waals surface area (Å²) in [5.74, 6) is 5.68. The van der Waals surface area contributed by atoms with Gasteiger partial charge in [0.25, 0.3) is 0 Å². The Kier molecular flexibility index (Phi) is 5.97. The monoisotopic (exact) mass is 278 g/mol. The molecule has 19 heavy (non-hydrogen) atoms. The molecule has 0 aliphatic rings. The second kappa shape index (κ2) is 7.49. The van der Waals surface area contributed by atoms with Gasteiger partial charge in [0, 0.05) is 24.7 Å². The molecule has 1 aromatic rings. The van der Waals surface area contributed by atoms with Crippen molar-refractivity contribution >= 4 is 22.8 Å². The molecule has 1 N–H and O–H groups in total. The van der Waals surface area contributed by atoms with Gasteiger partial charge in [0.05, 0.1) is 7.11 Å². The first-order chi connectivity index (χ1) is 9.04. The molecule has 0 amide bonds. The Morgan fingerprint density at radius 2 is 2.16 bits per heavy atom. The van der Waals surface area contributed by atoms with E-state index in [2.05, 4.69) is 11.8 Å². The van der Waals surface area contributed by atoms with Crippen LogP contribution in [0.25, 0.3) is 0 Å². The number of benzene rings is 1. The first-order valence-corrected chi connectivity index (χ1v) is 6.56. The molecule has 100 valence electrons. The molecule has 5 heteroatoms. The highest BCUT2D eigenvalue weighted by molar-refractivity contribution is 8.13. The van der Waals surface area contributed by atoms with Crippen molar-refractivity contribution in [1.29, 1.82) is 0 Å². The van der Waals surface area contributed by atoms with Crippen molar-refractivity contribution in [2.24, 2.45) is 0 Å². The lowest BCUT2D eigenvalue weighted by atomic mass is 10.1. The summed E-state index contributed by atoms with van der Waals surface area (Å²) in [5, 5.41) is 9.09. The number of hydrogen-bond acceptors (Lipinski definition) is 4. The fraction of sp³-hybridized carbons (Fsp3) is 0.286. The summed E-state index contributed by atoms with van der Waals surface area (Å²) in [4.78, 5) is 21.7. The molecule has 1 aromatic carbocycles. The summed E-state index contributed by atoms with van der Waals surface area (Å²) < 4.78 is 4.96. The van der Waals surface area contributed by atoms with Crippen molar-refractivity contribution in [2.45, 2.75) is 13.3 Å². The number of carboxylic acid groups (broad SMARTS) is 1. The quantitative estimate of drug-likeness (QED) is 0.677. The maximum atomic E-state index is 11.0. The molecule has 0 atom stereocenters. The highest BCUT2D eigenvalue weighted by Crippen LogP contribution is 2.19. The zero-order valence-corrected chi connectivity index (χ0v) is 11.5.